The van der Waals surface area contributed by atoms with Gasteiger partial charge in [-0.2, -0.15) is 5.10 Å². The number of phenolic OH excluding ortho intramolecular Hbond substituents is 1. The number of rotatable bonds is 11. The number of amides is 2. The van der Waals surface area contributed by atoms with Gasteiger partial charge < -0.3 is 30.0 Å². The number of nitrogens with zero attached hydrogens (tertiary/aromatic N) is 4. The third-order valence-electron chi connectivity index (χ3n) is 6.63. The molecular formula is C29H33N7O5S. The highest BCUT2D eigenvalue weighted by Crippen LogP contribution is 2.36. The number of hydrogen-bond acceptors (Lipinski definition) is 11. The fourth-order valence-corrected chi connectivity index (χ4v) is 5.26. The Hall–Kier alpha value is -4.46. The highest BCUT2D eigenvalue weighted by molar-refractivity contribution is 7.17. The Morgan fingerprint density at radius 3 is 2.57 bits per heavy atom. The summed E-state index contributed by atoms with van der Waals surface area (Å²) in [5.41, 5.74) is 5.29. The Morgan fingerprint density at radius 1 is 1.12 bits per heavy atom. The van der Waals surface area contributed by atoms with Crippen LogP contribution in [0.15, 0.2) is 52.9 Å². The van der Waals surface area contributed by atoms with Gasteiger partial charge in [0.15, 0.2) is 17.3 Å². The molecular weight excluding hydrogens is 558 g/mol. The van der Waals surface area contributed by atoms with Gasteiger partial charge >= 0.3 is 6.03 Å². The molecule has 2 aromatic heterocycles. The van der Waals surface area contributed by atoms with Gasteiger partial charge in [-0.05, 0) is 60.8 Å². The van der Waals surface area contributed by atoms with E-state index in [1.807, 2.05) is 23.6 Å². The number of thiophene rings is 1. The molecule has 0 bridgehead atoms. The lowest BCUT2D eigenvalue weighted by molar-refractivity contribution is 0.0378. The summed E-state index contributed by atoms with van der Waals surface area (Å²) in [6, 6.07) is 11.9. The van der Waals surface area contributed by atoms with Crippen molar-refractivity contribution in [2.24, 2.45) is 5.10 Å². The van der Waals surface area contributed by atoms with E-state index in [1.54, 1.807) is 35.6 Å². The molecule has 4 aromatic rings. The maximum atomic E-state index is 12.4. The van der Waals surface area contributed by atoms with Crippen molar-refractivity contribution in [1.82, 2.24) is 20.3 Å². The Kier molecular flexibility index (Phi) is 9.64. The zero-order chi connectivity index (χ0) is 29.3. The summed E-state index contributed by atoms with van der Waals surface area (Å²) < 4.78 is 16.7. The first-order chi connectivity index (χ1) is 20.5. The Bertz CT molecular complexity index is 1510. The fourth-order valence-electron chi connectivity index (χ4n) is 4.46. The highest BCUT2D eigenvalue weighted by atomic mass is 32.1. The minimum atomic E-state index is -0.517. The van der Waals surface area contributed by atoms with Crippen LogP contribution in [0.1, 0.15) is 12.0 Å². The van der Waals surface area contributed by atoms with Crippen molar-refractivity contribution in [3.8, 4) is 28.6 Å². The van der Waals surface area contributed by atoms with Crippen LogP contribution in [0, 0.1) is 0 Å². The van der Waals surface area contributed by atoms with Crippen molar-refractivity contribution < 1.29 is 24.1 Å². The lowest BCUT2D eigenvalue weighted by Gasteiger charge is -2.26. The molecule has 2 aromatic carbocycles. The molecule has 12 nitrogen and oxygen atoms in total. The largest absolute Gasteiger partial charge is 0.502 e. The predicted octanol–water partition coefficient (Wildman–Crippen LogP) is 4.37. The van der Waals surface area contributed by atoms with Crippen molar-refractivity contribution >= 4 is 45.3 Å². The summed E-state index contributed by atoms with van der Waals surface area (Å²) >= 11 is 1.62. The molecule has 0 unspecified atom stereocenters. The first-order valence-corrected chi connectivity index (χ1v) is 14.4. The topological polar surface area (TPSA) is 142 Å². The van der Waals surface area contributed by atoms with Gasteiger partial charge in [-0.15, -0.1) is 11.3 Å². The molecule has 5 rings (SSSR count). The molecule has 1 fully saturated rings. The third kappa shape index (κ3) is 7.24. The van der Waals surface area contributed by atoms with Crippen molar-refractivity contribution in [2.75, 3.05) is 64.2 Å². The molecule has 4 N–H and O–H groups in total. The summed E-state index contributed by atoms with van der Waals surface area (Å²) in [7, 11) is 2.87. The van der Waals surface area contributed by atoms with Crippen molar-refractivity contribution in [3.63, 3.8) is 0 Å². The number of nitrogens with one attached hydrogen (secondary N) is 3. The molecule has 220 valence electrons. The van der Waals surface area contributed by atoms with Gasteiger partial charge in [0.1, 0.15) is 5.82 Å². The summed E-state index contributed by atoms with van der Waals surface area (Å²) in [4.78, 5) is 24.4. The molecule has 0 radical (unpaired) electrons. The average molecular weight is 592 g/mol. The minimum Gasteiger partial charge on any atom is -0.502 e. The number of aromatic hydroxyl groups is 1. The van der Waals surface area contributed by atoms with Crippen LogP contribution in [0.3, 0.4) is 0 Å². The van der Waals surface area contributed by atoms with E-state index in [-0.39, 0.29) is 17.2 Å². The number of hydrazone groups is 1. The van der Waals surface area contributed by atoms with Crippen LogP contribution in [0.5, 0.6) is 17.2 Å². The second-order valence-corrected chi connectivity index (χ2v) is 10.4. The molecule has 0 atom stereocenters. The van der Waals surface area contributed by atoms with Gasteiger partial charge in [0.25, 0.3) is 0 Å². The molecule has 1 saturated heterocycles. The lowest BCUT2D eigenvalue weighted by Crippen LogP contribution is -2.37. The monoisotopic (exact) mass is 591 g/mol. The maximum Gasteiger partial charge on any atom is 0.339 e. The zero-order valence-corrected chi connectivity index (χ0v) is 24.2. The first-order valence-electron chi connectivity index (χ1n) is 13.5. The van der Waals surface area contributed by atoms with E-state index in [1.165, 1.54) is 20.4 Å². The highest BCUT2D eigenvalue weighted by Gasteiger charge is 2.13. The standard InChI is InChI=1S/C29H33N7O5S/c1-39-23-16-19(17-24(40-2)25(23)37)18-31-35-29(38)32-21-6-4-20(5-7-21)27-33-22-8-15-42-26(22)28(34-27)30-9-3-10-36-11-13-41-14-12-36/h4-8,15-18,37H,3,9-14H2,1-2H3,(H,30,33,34)(H2,32,35,38)/b31-18+. The summed E-state index contributed by atoms with van der Waals surface area (Å²) in [5.74, 6) is 1.79. The Morgan fingerprint density at radius 2 is 1.86 bits per heavy atom. The fraction of sp³-hybridized carbons (Fsp3) is 0.310. The minimum absolute atomic E-state index is 0.112. The van der Waals surface area contributed by atoms with Gasteiger partial charge in [-0.25, -0.2) is 20.2 Å². The van der Waals surface area contributed by atoms with Crippen molar-refractivity contribution in [3.05, 3.63) is 53.4 Å². The van der Waals surface area contributed by atoms with Crippen LogP contribution >= 0.6 is 11.3 Å². The van der Waals surface area contributed by atoms with E-state index in [2.05, 4.69) is 26.1 Å². The molecule has 1 aliphatic rings. The number of ether oxygens (including phenoxy) is 3. The van der Waals surface area contributed by atoms with Crippen molar-refractivity contribution in [2.45, 2.75) is 6.42 Å². The number of benzene rings is 2. The smallest absolute Gasteiger partial charge is 0.339 e. The van der Waals surface area contributed by atoms with E-state index in [4.69, 9.17) is 24.2 Å². The first kappa shape index (κ1) is 29.0. The second kappa shape index (κ2) is 13.9. The van der Waals surface area contributed by atoms with Gasteiger partial charge in [-0.3, -0.25) is 4.90 Å². The van der Waals surface area contributed by atoms with Crippen LogP contribution in [-0.2, 0) is 4.74 Å². The van der Waals surface area contributed by atoms with Crippen LogP contribution in [-0.4, -0.2) is 85.8 Å². The SMILES string of the molecule is COc1cc(/C=N/NC(=O)Nc2ccc(-c3nc(NCCCN4CCOCC4)c4sccc4n3)cc2)cc(OC)c1O. The van der Waals surface area contributed by atoms with E-state index < -0.39 is 6.03 Å². The van der Waals surface area contributed by atoms with E-state index in [9.17, 15) is 9.90 Å². The normalized spacial score (nSPS) is 13.8. The van der Waals surface area contributed by atoms with Crippen LogP contribution in [0.2, 0.25) is 0 Å². The number of methoxy groups -OCH3 is 2. The van der Waals surface area contributed by atoms with Gasteiger partial charge in [0, 0.05) is 36.4 Å². The zero-order valence-electron chi connectivity index (χ0n) is 23.4. The van der Waals surface area contributed by atoms with E-state index >= 15 is 0 Å². The molecule has 3 heterocycles. The molecule has 0 saturated carbocycles. The summed E-state index contributed by atoms with van der Waals surface area (Å²) in [6.45, 7) is 5.41. The number of phenols is 1. The lowest BCUT2D eigenvalue weighted by atomic mass is 10.2. The molecule has 2 amide bonds. The molecule has 0 aliphatic carbocycles. The second-order valence-electron chi connectivity index (χ2n) is 9.44. The molecule has 0 spiro atoms. The number of aromatic nitrogens is 2. The number of fused-ring (bicyclic) bond motifs is 1. The summed E-state index contributed by atoms with van der Waals surface area (Å²) in [5, 5.41) is 22.3. The number of urea groups is 1. The Balaban J connectivity index is 1.18. The summed E-state index contributed by atoms with van der Waals surface area (Å²) in [6.07, 6.45) is 2.43. The number of hydrogen-bond donors (Lipinski definition) is 4. The third-order valence-corrected chi connectivity index (χ3v) is 7.54. The Labute approximate surface area is 247 Å². The van der Waals surface area contributed by atoms with Crippen LogP contribution in [0.25, 0.3) is 21.6 Å². The van der Waals surface area contributed by atoms with Gasteiger partial charge in [0.2, 0.25) is 5.75 Å². The van der Waals surface area contributed by atoms with Crippen LogP contribution in [0.4, 0.5) is 16.3 Å². The van der Waals surface area contributed by atoms with Crippen LogP contribution < -0.4 is 25.5 Å². The van der Waals surface area contributed by atoms with Crippen molar-refractivity contribution in [1.29, 1.82) is 0 Å². The average Bonchev–Trinajstić information content (AvgIpc) is 3.50. The quantitative estimate of drug-likeness (QED) is 0.114. The molecule has 42 heavy (non-hydrogen) atoms. The molecule has 1 aliphatic heterocycles. The van der Waals surface area contributed by atoms with E-state index in [0.717, 1.165) is 67.4 Å². The number of carbonyl (C=O) groups is 1. The number of morpholine rings is 1. The number of carbonyl (C=O) groups excluding carboxylic acids is 1. The predicted molar refractivity (Wildman–Crippen MR) is 164 cm³/mol. The maximum absolute atomic E-state index is 12.4. The van der Waals surface area contributed by atoms with Gasteiger partial charge in [0.05, 0.1) is 43.9 Å². The number of anilines is 2. The molecule has 13 heteroatoms. The van der Waals surface area contributed by atoms with Gasteiger partial charge in [-0.1, -0.05) is 0 Å². The van der Waals surface area contributed by atoms with E-state index in [0.29, 0.717) is 17.1 Å².